The van der Waals surface area contributed by atoms with E-state index in [-0.39, 0.29) is 11.9 Å². The van der Waals surface area contributed by atoms with Crippen molar-refractivity contribution in [3.8, 4) is 0 Å². The van der Waals surface area contributed by atoms with Crippen molar-refractivity contribution in [2.45, 2.75) is 45.7 Å². The predicted molar refractivity (Wildman–Crippen MR) is 96.3 cm³/mol. The van der Waals surface area contributed by atoms with E-state index in [2.05, 4.69) is 43.7 Å². The summed E-state index contributed by atoms with van der Waals surface area (Å²) >= 11 is 0. The highest BCUT2D eigenvalue weighted by molar-refractivity contribution is 5.86. The Kier molecular flexibility index (Phi) is 5.47. The molecule has 1 amide bonds. The van der Waals surface area contributed by atoms with Crippen LogP contribution < -0.4 is 5.73 Å². The van der Waals surface area contributed by atoms with Gasteiger partial charge in [-0.15, -0.1) is 0 Å². The molecular weight excluding hydrogens is 286 g/mol. The second kappa shape index (κ2) is 7.18. The van der Waals surface area contributed by atoms with Crippen LogP contribution in [0.5, 0.6) is 0 Å². The van der Waals surface area contributed by atoms with Gasteiger partial charge >= 0.3 is 0 Å². The van der Waals surface area contributed by atoms with Crippen molar-refractivity contribution in [2.75, 3.05) is 7.05 Å². The van der Waals surface area contributed by atoms with Crippen molar-refractivity contribution in [1.29, 1.82) is 0 Å². The molecule has 2 rings (SSSR count). The van der Waals surface area contributed by atoms with Gasteiger partial charge in [-0.05, 0) is 37.3 Å². The highest BCUT2D eigenvalue weighted by Gasteiger charge is 2.23. The van der Waals surface area contributed by atoms with E-state index in [1.165, 1.54) is 10.9 Å². The first-order valence-corrected chi connectivity index (χ1v) is 8.36. The van der Waals surface area contributed by atoms with Gasteiger partial charge in [0.15, 0.2) is 0 Å². The van der Waals surface area contributed by atoms with Crippen LogP contribution in [0.3, 0.4) is 0 Å². The second-order valence-corrected chi connectivity index (χ2v) is 7.02. The zero-order valence-electron chi connectivity index (χ0n) is 14.9. The van der Waals surface area contributed by atoms with Gasteiger partial charge in [0, 0.05) is 37.2 Å². The fourth-order valence-corrected chi connectivity index (χ4v) is 3.23. The lowest BCUT2D eigenvalue weighted by molar-refractivity contribution is -0.133. The largest absolute Gasteiger partial charge is 0.350 e. The van der Waals surface area contributed by atoms with E-state index in [1.807, 2.05) is 26.2 Å². The maximum atomic E-state index is 12.6. The van der Waals surface area contributed by atoms with Crippen molar-refractivity contribution < 1.29 is 4.79 Å². The van der Waals surface area contributed by atoms with Crippen LogP contribution in [0.25, 0.3) is 10.9 Å². The molecule has 0 saturated carbocycles. The SMILES string of the molecule is CC(C)CC(C)N(C)C(=O)C(N)Cc1cn(C)c2ccccc12. The molecule has 1 aromatic carbocycles. The summed E-state index contributed by atoms with van der Waals surface area (Å²) < 4.78 is 2.09. The van der Waals surface area contributed by atoms with Gasteiger partial charge in [-0.1, -0.05) is 32.0 Å². The first-order valence-electron chi connectivity index (χ1n) is 8.36. The Bertz CT molecular complexity index is 674. The minimum absolute atomic E-state index is 0.0195. The maximum Gasteiger partial charge on any atom is 0.239 e. The van der Waals surface area contributed by atoms with Crippen molar-refractivity contribution in [3.63, 3.8) is 0 Å². The lowest BCUT2D eigenvalue weighted by Crippen LogP contribution is -2.46. The number of hydrogen-bond acceptors (Lipinski definition) is 2. The quantitative estimate of drug-likeness (QED) is 0.891. The maximum absolute atomic E-state index is 12.6. The molecule has 23 heavy (non-hydrogen) atoms. The smallest absolute Gasteiger partial charge is 0.239 e. The van der Waals surface area contributed by atoms with Crippen LogP contribution in [0, 0.1) is 5.92 Å². The average Bonchev–Trinajstić information content (AvgIpc) is 2.82. The van der Waals surface area contributed by atoms with E-state index >= 15 is 0 Å². The van der Waals surface area contributed by atoms with Crippen LogP contribution in [0.1, 0.15) is 32.8 Å². The Morgan fingerprint density at radius 2 is 1.91 bits per heavy atom. The third-order valence-electron chi connectivity index (χ3n) is 4.56. The Labute approximate surface area is 139 Å². The summed E-state index contributed by atoms with van der Waals surface area (Å²) in [7, 11) is 3.88. The molecule has 4 heteroatoms. The van der Waals surface area contributed by atoms with E-state index in [9.17, 15) is 4.79 Å². The summed E-state index contributed by atoms with van der Waals surface area (Å²) in [5.74, 6) is 0.584. The molecule has 0 radical (unpaired) electrons. The average molecular weight is 315 g/mol. The van der Waals surface area contributed by atoms with Crippen LogP contribution in [0.4, 0.5) is 0 Å². The molecular formula is C19H29N3O. The molecule has 0 fully saturated rings. The summed E-state index contributed by atoms with van der Waals surface area (Å²) in [4.78, 5) is 14.4. The van der Waals surface area contributed by atoms with Crippen LogP contribution in [0.2, 0.25) is 0 Å². The van der Waals surface area contributed by atoms with Gasteiger partial charge in [0.2, 0.25) is 5.91 Å². The standard InChI is InChI=1S/C19H29N3O/c1-13(2)10-14(3)22(5)19(23)17(20)11-15-12-21(4)18-9-7-6-8-16(15)18/h6-9,12-14,17H,10-11,20H2,1-5H3. The third-order valence-corrected chi connectivity index (χ3v) is 4.56. The van der Waals surface area contributed by atoms with Crippen molar-refractivity contribution >= 4 is 16.8 Å². The molecule has 2 N–H and O–H groups in total. The number of carbonyl (C=O) groups is 1. The highest BCUT2D eigenvalue weighted by atomic mass is 16.2. The van der Waals surface area contributed by atoms with Crippen molar-refractivity contribution in [3.05, 3.63) is 36.0 Å². The molecule has 2 aromatic rings. The number of benzene rings is 1. The minimum Gasteiger partial charge on any atom is -0.350 e. The van der Waals surface area contributed by atoms with Gasteiger partial charge in [0.1, 0.15) is 0 Å². The molecule has 0 saturated heterocycles. The number of likely N-dealkylation sites (N-methyl/N-ethyl adjacent to an activating group) is 1. The van der Waals surface area contributed by atoms with Gasteiger partial charge in [-0.25, -0.2) is 0 Å². The number of rotatable bonds is 6. The molecule has 0 aliphatic heterocycles. The van der Waals surface area contributed by atoms with Crippen LogP contribution in [-0.2, 0) is 18.3 Å². The first-order chi connectivity index (χ1) is 10.8. The summed E-state index contributed by atoms with van der Waals surface area (Å²) in [5.41, 5.74) is 8.52. The fraction of sp³-hybridized carbons (Fsp3) is 0.526. The fourth-order valence-electron chi connectivity index (χ4n) is 3.23. The normalized spacial score (nSPS) is 14.2. The number of carbonyl (C=O) groups excluding carboxylic acids is 1. The molecule has 0 bridgehead atoms. The van der Waals surface area contributed by atoms with E-state index < -0.39 is 6.04 Å². The number of nitrogens with two attached hydrogens (primary N) is 1. The molecule has 2 unspecified atom stereocenters. The lowest BCUT2D eigenvalue weighted by atomic mass is 10.0. The summed E-state index contributed by atoms with van der Waals surface area (Å²) in [5, 5.41) is 1.18. The Hall–Kier alpha value is -1.81. The highest BCUT2D eigenvalue weighted by Crippen LogP contribution is 2.22. The predicted octanol–water partition coefficient (Wildman–Crippen LogP) is 2.94. The van der Waals surface area contributed by atoms with E-state index in [0.717, 1.165) is 12.0 Å². The number of amides is 1. The topological polar surface area (TPSA) is 51.3 Å². The third kappa shape index (κ3) is 3.94. The van der Waals surface area contributed by atoms with Crippen molar-refractivity contribution in [2.24, 2.45) is 18.7 Å². The molecule has 1 aromatic heterocycles. The van der Waals surface area contributed by atoms with E-state index in [1.54, 1.807) is 4.90 Å². The summed E-state index contributed by atoms with van der Waals surface area (Å²) in [6, 6.07) is 7.94. The number of nitrogens with zero attached hydrogens (tertiary/aromatic N) is 2. The molecule has 0 aliphatic rings. The number of hydrogen-bond donors (Lipinski definition) is 1. The Morgan fingerprint density at radius 3 is 2.57 bits per heavy atom. The molecule has 4 nitrogen and oxygen atoms in total. The minimum atomic E-state index is -0.500. The molecule has 0 spiro atoms. The number of aryl methyl sites for hydroxylation is 1. The summed E-state index contributed by atoms with van der Waals surface area (Å²) in [6.45, 7) is 6.43. The van der Waals surface area contributed by atoms with Gasteiger partial charge in [-0.2, -0.15) is 0 Å². The lowest BCUT2D eigenvalue weighted by Gasteiger charge is -2.28. The van der Waals surface area contributed by atoms with Gasteiger partial charge < -0.3 is 15.2 Å². The first kappa shape index (κ1) is 17.5. The zero-order chi connectivity index (χ0) is 17.1. The summed E-state index contributed by atoms with van der Waals surface area (Å²) in [6.07, 6.45) is 3.64. The monoisotopic (exact) mass is 315 g/mol. The van der Waals surface area contributed by atoms with Gasteiger partial charge in [-0.3, -0.25) is 4.79 Å². The van der Waals surface area contributed by atoms with Gasteiger partial charge in [0.05, 0.1) is 6.04 Å². The number of para-hydroxylation sites is 1. The van der Waals surface area contributed by atoms with Crippen LogP contribution in [0.15, 0.2) is 30.5 Å². The zero-order valence-corrected chi connectivity index (χ0v) is 14.9. The molecule has 126 valence electrons. The number of fused-ring (bicyclic) bond motifs is 1. The van der Waals surface area contributed by atoms with Crippen molar-refractivity contribution in [1.82, 2.24) is 9.47 Å². The molecule has 2 atom stereocenters. The van der Waals surface area contributed by atoms with Crippen LogP contribution in [-0.4, -0.2) is 34.5 Å². The number of aromatic nitrogens is 1. The molecule has 0 aliphatic carbocycles. The molecule has 1 heterocycles. The van der Waals surface area contributed by atoms with E-state index in [4.69, 9.17) is 5.73 Å². The Morgan fingerprint density at radius 1 is 1.26 bits per heavy atom. The van der Waals surface area contributed by atoms with E-state index in [0.29, 0.717) is 12.3 Å². The van der Waals surface area contributed by atoms with Crippen LogP contribution >= 0.6 is 0 Å². The Balaban J connectivity index is 2.11. The second-order valence-electron chi connectivity index (χ2n) is 7.02. The van der Waals surface area contributed by atoms with Gasteiger partial charge in [0.25, 0.3) is 0 Å².